The van der Waals surface area contributed by atoms with E-state index in [0.717, 1.165) is 22.2 Å². The van der Waals surface area contributed by atoms with Crippen molar-refractivity contribution in [1.82, 2.24) is 9.88 Å². The number of aryl methyl sites for hydroxylation is 2. The lowest BCUT2D eigenvalue weighted by Crippen LogP contribution is -2.37. The number of anilines is 1. The number of hydrogen-bond donors (Lipinski definition) is 2. The second-order valence-corrected chi connectivity index (χ2v) is 7.40. The topological polar surface area (TPSA) is 91.5 Å². The summed E-state index contributed by atoms with van der Waals surface area (Å²) < 4.78 is 5.13. The third-order valence-electron chi connectivity index (χ3n) is 4.83. The fourth-order valence-electron chi connectivity index (χ4n) is 2.96. The van der Waals surface area contributed by atoms with E-state index in [9.17, 15) is 14.4 Å². The third-order valence-corrected chi connectivity index (χ3v) is 5.15. The van der Waals surface area contributed by atoms with Gasteiger partial charge in [-0.3, -0.25) is 9.59 Å². The molecule has 1 heterocycles. The Balaban J connectivity index is 1.54. The number of para-hydroxylation sites is 1. The van der Waals surface area contributed by atoms with Gasteiger partial charge in [0.1, 0.15) is 0 Å². The maximum absolute atomic E-state index is 12.3. The first kappa shape index (κ1) is 21.4. The van der Waals surface area contributed by atoms with Gasteiger partial charge in [0.15, 0.2) is 6.61 Å². The number of amides is 2. The van der Waals surface area contributed by atoms with Crippen LogP contribution < -0.4 is 5.32 Å². The van der Waals surface area contributed by atoms with Crippen LogP contribution in [-0.2, 0) is 14.3 Å². The fraction of sp³-hybridized carbons (Fsp3) is 0.227. The average molecular weight is 428 g/mol. The molecule has 2 N–H and O–H groups in total. The average Bonchev–Trinajstić information content (AvgIpc) is 3.00. The van der Waals surface area contributed by atoms with Gasteiger partial charge in [-0.2, -0.15) is 0 Å². The maximum Gasteiger partial charge on any atom is 0.338 e. The summed E-state index contributed by atoms with van der Waals surface area (Å²) in [7, 11) is 1.46. The number of H-pyrrole nitrogens is 1. The predicted molar refractivity (Wildman–Crippen MR) is 116 cm³/mol. The van der Waals surface area contributed by atoms with Gasteiger partial charge in [-0.25, -0.2) is 4.79 Å². The molecule has 3 aromatic rings. The van der Waals surface area contributed by atoms with E-state index in [4.69, 9.17) is 16.3 Å². The molecular formula is C22H22ClN3O4. The first-order valence-electron chi connectivity index (χ1n) is 9.30. The number of likely N-dealkylation sites (N-methyl/N-ethyl adjacent to an activating group) is 1. The molecule has 0 spiro atoms. The van der Waals surface area contributed by atoms with Crippen molar-refractivity contribution in [3.8, 4) is 0 Å². The molecule has 0 aliphatic heterocycles. The molecule has 1 aromatic heterocycles. The molecule has 2 aromatic carbocycles. The SMILES string of the molecule is Cc1[nH]c2ccc(C(=O)OCC(=O)N(C)CC(=O)Nc3ccccc3Cl)cc2c1C. The Bertz CT molecular complexity index is 1120. The minimum Gasteiger partial charge on any atom is -0.452 e. The minimum absolute atomic E-state index is 0.199. The van der Waals surface area contributed by atoms with Crippen molar-refractivity contribution in [3.05, 3.63) is 64.3 Å². The van der Waals surface area contributed by atoms with Crippen LogP contribution >= 0.6 is 11.6 Å². The Kier molecular flexibility index (Phi) is 6.42. The molecule has 3 rings (SSSR count). The standard InChI is InChI=1S/C22H22ClN3O4/c1-13-14(2)24-18-9-8-15(10-16(13)18)22(29)30-12-21(28)26(3)11-20(27)25-19-7-5-4-6-17(19)23/h4-10,24H,11-12H2,1-3H3,(H,25,27). The zero-order valence-corrected chi connectivity index (χ0v) is 17.7. The predicted octanol–water partition coefficient (Wildman–Crippen LogP) is 3.69. The van der Waals surface area contributed by atoms with E-state index in [0.29, 0.717) is 16.3 Å². The first-order chi connectivity index (χ1) is 14.3. The zero-order valence-electron chi connectivity index (χ0n) is 16.9. The van der Waals surface area contributed by atoms with E-state index in [2.05, 4.69) is 10.3 Å². The summed E-state index contributed by atoms with van der Waals surface area (Å²) in [5.41, 5.74) is 3.84. The van der Waals surface area contributed by atoms with Gasteiger partial charge in [-0.05, 0) is 49.7 Å². The van der Waals surface area contributed by atoms with E-state index >= 15 is 0 Å². The van der Waals surface area contributed by atoms with E-state index < -0.39 is 24.4 Å². The van der Waals surface area contributed by atoms with Gasteiger partial charge in [0.05, 0.1) is 22.8 Å². The van der Waals surface area contributed by atoms with Crippen molar-refractivity contribution < 1.29 is 19.1 Å². The van der Waals surface area contributed by atoms with Gasteiger partial charge < -0.3 is 19.9 Å². The first-order valence-corrected chi connectivity index (χ1v) is 9.68. The summed E-state index contributed by atoms with van der Waals surface area (Å²) in [6.07, 6.45) is 0. The molecule has 0 unspecified atom stereocenters. The Morgan fingerprint density at radius 3 is 2.60 bits per heavy atom. The van der Waals surface area contributed by atoms with Crippen LogP contribution in [0.4, 0.5) is 5.69 Å². The number of hydrogen-bond acceptors (Lipinski definition) is 4. The van der Waals surface area contributed by atoms with E-state index in [1.54, 1.807) is 42.5 Å². The Labute approximate surface area is 179 Å². The molecule has 0 saturated carbocycles. The highest BCUT2D eigenvalue weighted by molar-refractivity contribution is 6.33. The monoisotopic (exact) mass is 427 g/mol. The zero-order chi connectivity index (χ0) is 21.8. The number of carbonyl (C=O) groups is 3. The highest BCUT2D eigenvalue weighted by Crippen LogP contribution is 2.23. The van der Waals surface area contributed by atoms with Crippen LogP contribution in [0.1, 0.15) is 21.6 Å². The minimum atomic E-state index is -0.600. The van der Waals surface area contributed by atoms with Crippen LogP contribution in [0.5, 0.6) is 0 Å². The van der Waals surface area contributed by atoms with Crippen molar-refractivity contribution in [2.24, 2.45) is 0 Å². The van der Waals surface area contributed by atoms with E-state index in [1.165, 1.54) is 11.9 Å². The Hall–Kier alpha value is -3.32. The largest absolute Gasteiger partial charge is 0.452 e. The van der Waals surface area contributed by atoms with Gasteiger partial charge in [-0.1, -0.05) is 23.7 Å². The molecule has 0 aliphatic rings. The maximum atomic E-state index is 12.3. The molecule has 7 nitrogen and oxygen atoms in total. The normalized spacial score (nSPS) is 10.7. The van der Waals surface area contributed by atoms with Gasteiger partial charge >= 0.3 is 5.97 Å². The number of nitrogens with one attached hydrogen (secondary N) is 2. The molecule has 2 amide bonds. The highest BCUT2D eigenvalue weighted by Gasteiger charge is 2.17. The lowest BCUT2D eigenvalue weighted by molar-refractivity contribution is -0.136. The highest BCUT2D eigenvalue weighted by atomic mass is 35.5. The van der Waals surface area contributed by atoms with Gasteiger partial charge in [0.2, 0.25) is 5.91 Å². The molecule has 156 valence electrons. The Morgan fingerprint density at radius 2 is 1.87 bits per heavy atom. The van der Waals surface area contributed by atoms with Crippen molar-refractivity contribution >= 4 is 46.0 Å². The molecule has 0 fully saturated rings. The molecular weight excluding hydrogens is 406 g/mol. The van der Waals surface area contributed by atoms with Crippen LogP contribution in [0.25, 0.3) is 10.9 Å². The summed E-state index contributed by atoms with van der Waals surface area (Å²) in [6.45, 7) is 3.27. The van der Waals surface area contributed by atoms with Crippen LogP contribution in [0, 0.1) is 13.8 Å². The number of rotatable bonds is 6. The van der Waals surface area contributed by atoms with Crippen molar-refractivity contribution in [1.29, 1.82) is 0 Å². The molecule has 0 aliphatic carbocycles. The second kappa shape index (κ2) is 9.00. The van der Waals surface area contributed by atoms with Gasteiger partial charge in [0, 0.05) is 23.6 Å². The number of carbonyl (C=O) groups excluding carboxylic acids is 3. The summed E-state index contributed by atoms with van der Waals surface area (Å²) in [5.74, 6) is -1.50. The number of aromatic nitrogens is 1. The Morgan fingerprint density at radius 1 is 1.13 bits per heavy atom. The van der Waals surface area contributed by atoms with Crippen LogP contribution in [0.15, 0.2) is 42.5 Å². The third kappa shape index (κ3) is 4.80. The van der Waals surface area contributed by atoms with Crippen LogP contribution in [-0.4, -0.2) is 47.9 Å². The van der Waals surface area contributed by atoms with Crippen molar-refractivity contribution in [2.45, 2.75) is 13.8 Å². The number of nitrogens with zero attached hydrogens (tertiary/aromatic N) is 1. The van der Waals surface area contributed by atoms with Crippen molar-refractivity contribution in [3.63, 3.8) is 0 Å². The second-order valence-electron chi connectivity index (χ2n) is 6.99. The molecule has 0 bridgehead atoms. The number of fused-ring (bicyclic) bond motifs is 1. The quantitative estimate of drug-likeness (QED) is 0.587. The van der Waals surface area contributed by atoms with E-state index in [1.807, 2.05) is 13.8 Å². The number of benzene rings is 2. The molecule has 0 atom stereocenters. The summed E-state index contributed by atoms with van der Waals surface area (Å²) in [5, 5.41) is 3.97. The number of halogens is 1. The molecule has 0 radical (unpaired) electrons. The fourth-order valence-corrected chi connectivity index (χ4v) is 3.15. The summed E-state index contributed by atoms with van der Waals surface area (Å²) in [6, 6.07) is 12.0. The molecule has 8 heteroatoms. The molecule has 0 saturated heterocycles. The van der Waals surface area contributed by atoms with Gasteiger partial charge in [0.25, 0.3) is 5.91 Å². The van der Waals surface area contributed by atoms with Crippen LogP contribution in [0.3, 0.4) is 0 Å². The lowest BCUT2D eigenvalue weighted by Gasteiger charge is -2.17. The van der Waals surface area contributed by atoms with E-state index in [-0.39, 0.29) is 6.54 Å². The van der Waals surface area contributed by atoms with Crippen molar-refractivity contribution in [2.75, 3.05) is 25.5 Å². The molecule has 30 heavy (non-hydrogen) atoms. The smallest absolute Gasteiger partial charge is 0.338 e. The number of esters is 1. The number of aromatic amines is 1. The summed E-state index contributed by atoms with van der Waals surface area (Å²) >= 11 is 6.00. The number of ether oxygens (including phenoxy) is 1. The van der Waals surface area contributed by atoms with Gasteiger partial charge in [-0.15, -0.1) is 0 Å². The van der Waals surface area contributed by atoms with Crippen LogP contribution in [0.2, 0.25) is 5.02 Å². The lowest BCUT2D eigenvalue weighted by atomic mass is 10.1. The summed E-state index contributed by atoms with van der Waals surface area (Å²) in [4.78, 5) is 41.1.